The Bertz CT molecular complexity index is 186. The maximum Gasteiger partial charge on any atom is 0.104 e. The van der Waals surface area contributed by atoms with Crippen molar-refractivity contribution in [3.8, 4) is 6.07 Å². The van der Waals surface area contributed by atoms with E-state index in [1.165, 1.54) is 0 Å². The molecule has 0 aromatic heterocycles. The summed E-state index contributed by atoms with van der Waals surface area (Å²) in [5, 5.41) is 12.3. The largest absolute Gasteiger partial charge is 0.383 e. The summed E-state index contributed by atoms with van der Waals surface area (Å²) in [6.07, 6.45) is 1.97. The van der Waals surface area contributed by atoms with Gasteiger partial charge >= 0.3 is 0 Å². The van der Waals surface area contributed by atoms with Gasteiger partial charge in [0.05, 0.1) is 12.7 Å². The van der Waals surface area contributed by atoms with Crippen LogP contribution in [0.5, 0.6) is 0 Å². The Hall–Kier alpha value is -0.590. The van der Waals surface area contributed by atoms with Crippen LogP contribution in [0.1, 0.15) is 33.6 Å². The van der Waals surface area contributed by atoms with Gasteiger partial charge < -0.3 is 4.74 Å². The Morgan fingerprint density at radius 1 is 1.50 bits per heavy atom. The number of hydrogen-bond acceptors (Lipinski definition) is 3. The maximum absolute atomic E-state index is 9.04. The van der Waals surface area contributed by atoms with Crippen LogP contribution in [0.2, 0.25) is 0 Å². The van der Waals surface area contributed by atoms with Gasteiger partial charge in [-0.1, -0.05) is 13.8 Å². The molecular weight excluding hydrogens is 176 g/mol. The van der Waals surface area contributed by atoms with Gasteiger partial charge in [-0.2, -0.15) is 5.26 Å². The molecule has 0 heterocycles. The minimum atomic E-state index is -0.400. The Kier molecular flexibility index (Phi) is 6.52. The first-order chi connectivity index (χ1) is 6.54. The summed E-state index contributed by atoms with van der Waals surface area (Å²) in [6, 6.07) is 2.33. The van der Waals surface area contributed by atoms with Crippen molar-refractivity contribution in [2.75, 3.05) is 20.3 Å². The molecule has 1 N–H and O–H groups in total. The SMILES string of the molecule is COCCNC(C)(C#N)CCC(C)C. The van der Waals surface area contributed by atoms with Crippen LogP contribution in [0.4, 0.5) is 0 Å². The molecule has 0 fully saturated rings. The third-order valence-corrected chi connectivity index (χ3v) is 2.29. The molecule has 1 unspecified atom stereocenters. The van der Waals surface area contributed by atoms with Crippen LogP contribution >= 0.6 is 0 Å². The van der Waals surface area contributed by atoms with Crippen molar-refractivity contribution >= 4 is 0 Å². The fourth-order valence-corrected chi connectivity index (χ4v) is 1.19. The molecule has 0 aliphatic carbocycles. The number of ether oxygens (including phenoxy) is 1. The molecule has 0 saturated heterocycles. The Balaban J connectivity index is 3.87. The molecule has 3 nitrogen and oxygen atoms in total. The summed E-state index contributed by atoms with van der Waals surface area (Å²) in [7, 11) is 1.67. The summed E-state index contributed by atoms with van der Waals surface area (Å²) in [5.41, 5.74) is -0.400. The van der Waals surface area contributed by atoms with E-state index < -0.39 is 5.54 Å². The van der Waals surface area contributed by atoms with Gasteiger partial charge in [0.25, 0.3) is 0 Å². The lowest BCUT2D eigenvalue weighted by atomic mass is 9.93. The number of rotatable bonds is 7. The van der Waals surface area contributed by atoms with Gasteiger partial charge in [-0.15, -0.1) is 0 Å². The fraction of sp³-hybridized carbons (Fsp3) is 0.909. The molecule has 3 heteroatoms. The highest BCUT2D eigenvalue weighted by molar-refractivity contribution is 5.03. The third-order valence-electron chi connectivity index (χ3n) is 2.29. The van der Waals surface area contributed by atoms with Crippen molar-refractivity contribution in [3.05, 3.63) is 0 Å². The summed E-state index contributed by atoms with van der Waals surface area (Å²) in [5.74, 6) is 0.645. The van der Waals surface area contributed by atoms with Gasteiger partial charge in [-0.3, -0.25) is 5.32 Å². The molecule has 0 rings (SSSR count). The third kappa shape index (κ3) is 5.95. The van der Waals surface area contributed by atoms with Crippen LogP contribution in [0.15, 0.2) is 0 Å². The summed E-state index contributed by atoms with van der Waals surface area (Å²) in [4.78, 5) is 0. The molecule has 1 atom stereocenters. The molecular formula is C11H22N2O. The first-order valence-electron chi connectivity index (χ1n) is 5.19. The van der Waals surface area contributed by atoms with E-state index in [1.54, 1.807) is 7.11 Å². The maximum atomic E-state index is 9.04. The topological polar surface area (TPSA) is 45.0 Å². The number of nitrogens with zero attached hydrogens (tertiary/aromatic N) is 1. The van der Waals surface area contributed by atoms with Gasteiger partial charge in [-0.05, 0) is 25.7 Å². The second-order valence-electron chi connectivity index (χ2n) is 4.30. The van der Waals surface area contributed by atoms with E-state index in [-0.39, 0.29) is 0 Å². The number of methoxy groups -OCH3 is 1. The zero-order chi connectivity index (χ0) is 11.0. The zero-order valence-electron chi connectivity index (χ0n) is 9.76. The van der Waals surface area contributed by atoms with Crippen LogP contribution in [0.25, 0.3) is 0 Å². The van der Waals surface area contributed by atoms with Crippen molar-refractivity contribution in [3.63, 3.8) is 0 Å². The first kappa shape index (κ1) is 13.4. The molecule has 0 bridgehead atoms. The predicted octanol–water partition coefficient (Wildman–Crippen LogP) is 1.94. The normalized spacial score (nSPS) is 15.1. The number of hydrogen-bond donors (Lipinski definition) is 1. The predicted molar refractivity (Wildman–Crippen MR) is 58.0 cm³/mol. The second kappa shape index (κ2) is 6.80. The van der Waals surface area contributed by atoms with E-state index in [4.69, 9.17) is 10.00 Å². The molecule has 0 amide bonds. The average Bonchev–Trinajstić information content (AvgIpc) is 2.15. The molecule has 0 saturated carbocycles. The van der Waals surface area contributed by atoms with Gasteiger partial charge in [-0.25, -0.2) is 0 Å². The van der Waals surface area contributed by atoms with Crippen LogP contribution in [0, 0.1) is 17.2 Å². The van der Waals surface area contributed by atoms with Gasteiger partial charge in [0.15, 0.2) is 0 Å². The Labute approximate surface area is 87.4 Å². The highest BCUT2D eigenvalue weighted by Gasteiger charge is 2.22. The molecule has 0 radical (unpaired) electrons. The minimum Gasteiger partial charge on any atom is -0.383 e. The smallest absolute Gasteiger partial charge is 0.104 e. The molecule has 0 aliphatic rings. The van der Waals surface area contributed by atoms with E-state index in [0.29, 0.717) is 12.5 Å². The van der Waals surface area contributed by atoms with E-state index >= 15 is 0 Å². The monoisotopic (exact) mass is 198 g/mol. The highest BCUT2D eigenvalue weighted by Crippen LogP contribution is 2.15. The van der Waals surface area contributed by atoms with E-state index in [1.807, 2.05) is 6.92 Å². The molecule has 0 aromatic rings. The van der Waals surface area contributed by atoms with Gasteiger partial charge in [0, 0.05) is 13.7 Å². The van der Waals surface area contributed by atoms with Crippen molar-refractivity contribution < 1.29 is 4.74 Å². The molecule has 0 spiro atoms. The zero-order valence-corrected chi connectivity index (χ0v) is 9.76. The number of nitriles is 1. The van der Waals surface area contributed by atoms with Crippen LogP contribution in [0.3, 0.4) is 0 Å². The van der Waals surface area contributed by atoms with Crippen molar-refractivity contribution in [1.29, 1.82) is 5.26 Å². The van der Waals surface area contributed by atoms with Crippen LogP contribution in [-0.4, -0.2) is 25.8 Å². The standard InChI is InChI=1S/C11H22N2O/c1-10(2)5-6-11(3,9-12)13-7-8-14-4/h10,13H,5-8H2,1-4H3. The Morgan fingerprint density at radius 3 is 2.57 bits per heavy atom. The quantitative estimate of drug-likeness (QED) is 0.636. The minimum absolute atomic E-state index is 0.400. The summed E-state index contributed by atoms with van der Waals surface area (Å²) in [6.45, 7) is 7.68. The summed E-state index contributed by atoms with van der Waals surface area (Å²) < 4.78 is 4.94. The fourth-order valence-electron chi connectivity index (χ4n) is 1.19. The van der Waals surface area contributed by atoms with E-state index in [2.05, 4.69) is 25.2 Å². The van der Waals surface area contributed by atoms with Crippen molar-refractivity contribution in [1.82, 2.24) is 5.32 Å². The molecule has 0 aliphatic heterocycles. The van der Waals surface area contributed by atoms with Crippen LogP contribution in [-0.2, 0) is 4.74 Å². The lowest BCUT2D eigenvalue weighted by Gasteiger charge is -2.23. The Morgan fingerprint density at radius 2 is 2.14 bits per heavy atom. The summed E-state index contributed by atoms with van der Waals surface area (Å²) >= 11 is 0. The van der Waals surface area contributed by atoms with E-state index in [0.717, 1.165) is 19.4 Å². The van der Waals surface area contributed by atoms with E-state index in [9.17, 15) is 0 Å². The molecule has 82 valence electrons. The second-order valence-corrected chi connectivity index (χ2v) is 4.30. The van der Waals surface area contributed by atoms with Crippen molar-refractivity contribution in [2.45, 2.75) is 39.2 Å². The van der Waals surface area contributed by atoms with Gasteiger partial charge in [0.2, 0.25) is 0 Å². The molecule has 14 heavy (non-hydrogen) atoms. The van der Waals surface area contributed by atoms with Crippen LogP contribution < -0.4 is 5.32 Å². The first-order valence-corrected chi connectivity index (χ1v) is 5.19. The van der Waals surface area contributed by atoms with Crippen molar-refractivity contribution in [2.24, 2.45) is 5.92 Å². The highest BCUT2D eigenvalue weighted by atomic mass is 16.5. The number of nitrogens with one attached hydrogen (secondary N) is 1. The van der Waals surface area contributed by atoms with Gasteiger partial charge in [0.1, 0.15) is 5.54 Å². The lowest BCUT2D eigenvalue weighted by molar-refractivity contribution is 0.190. The average molecular weight is 198 g/mol. The lowest BCUT2D eigenvalue weighted by Crippen LogP contribution is -2.42. The molecule has 0 aromatic carbocycles.